The summed E-state index contributed by atoms with van der Waals surface area (Å²) in [7, 11) is 1.82. The third-order valence-electron chi connectivity index (χ3n) is 3.09. The molecule has 0 radical (unpaired) electrons. The van der Waals surface area contributed by atoms with Gasteiger partial charge in [-0.2, -0.15) is 0 Å². The molecule has 0 aliphatic heterocycles. The summed E-state index contributed by atoms with van der Waals surface area (Å²) < 4.78 is 1.40. The van der Waals surface area contributed by atoms with Crippen molar-refractivity contribution in [2.75, 3.05) is 20.1 Å². The quantitative estimate of drug-likeness (QED) is 0.870. The number of amides is 1. The molecule has 7 heteroatoms. The van der Waals surface area contributed by atoms with E-state index >= 15 is 0 Å². The van der Waals surface area contributed by atoms with Crippen LogP contribution in [-0.2, 0) is 11.3 Å². The molecule has 2 rings (SSSR count). The first-order valence-corrected chi connectivity index (χ1v) is 7.50. The second-order valence-corrected chi connectivity index (χ2v) is 5.62. The summed E-state index contributed by atoms with van der Waals surface area (Å²) in [5, 5.41) is 3.30. The number of nitrogens with one attached hydrogen (secondary N) is 1. The Hall–Kier alpha value is -1.92. The molecule has 0 fully saturated rings. The number of hydrogen-bond acceptors (Lipinski definition) is 4. The van der Waals surface area contributed by atoms with E-state index in [0.29, 0.717) is 29.5 Å². The largest absolute Gasteiger partial charge is 0.355 e. The van der Waals surface area contributed by atoms with Crippen LogP contribution in [0.2, 0.25) is 5.02 Å². The molecule has 2 heterocycles. The Morgan fingerprint density at radius 1 is 1.45 bits per heavy atom. The minimum atomic E-state index is -0.189. The number of likely N-dealkylation sites (N-methyl/N-ethyl adjacent to an activating group) is 1. The van der Waals surface area contributed by atoms with Crippen LogP contribution in [0.15, 0.2) is 29.2 Å². The summed E-state index contributed by atoms with van der Waals surface area (Å²) in [6, 6.07) is 4.85. The van der Waals surface area contributed by atoms with E-state index in [1.807, 2.05) is 18.9 Å². The lowest BCUT2D eigenvalue weighted by Gasteiger charge is -2.16. The van der Waals surface area contributed by atoms with Gasteiger partial charge in [0.05, 0.1) is 17.3 Å². The summed E-state index contributed by atoms with van der Waals surface area (Å²) in [5.41, 5.74) is 0.972. The Bertz CT molecular complexity index is 729. The van der Waals surface area contributed by atoms with Crippen LogP contribution in [0, 0.1) is 0 Å². The zero-order valence-corrected chi connectivity index (χ0v) is 13.4. The number of fused-ring (bicyclic) bond motifs is 1. The molecule has 0 saturated carbocycles. The van der Waals surface area contributed by atoms with Gasteiger partial charge in [-0.05, 0) is 25.6 Å². The molecule has 0 atom stereocenters. The van der Waals surface area contributed by atoms with E-state index in [0.717, 1.165) is 6.42 Å². The third kappa shape index (κ3) is 4.29. The highest BCUT2D eigenvalue weighted by Gasteiger charge is 2.09. The molecule has 0 spiro atoms. The van der Waals surface area contributed by atoms with E-state index in [1.54, 1.807) is 12.1 Å². The lowest BCUT2D eigenvalue weighted by Crippen LogP contribution is -2.35. The Balaban J connectivity index is 2.10. The molecule has 0 aliphatic rings. The van der Waals surface area contributed by atoms with Crippen molar-refractivity contribution in [1.82, 2.24) is 19.6 Å². The minimum absolute atomic E-state index is 0.0337. The second kappa shape index (κ2) is 7.38. The van der Waals surface area contributed by atoms with Crippen molar-refractivity contribution in [3.63, 3.8) is 0 Å². The number of nitrogens with zero attached hydrogens (tertiary/aromatic N) is 3. The van der Waals surface area contributed by atoms with Gasteiger partial charge in [-0.25, -0.2) is 4.98 Å². The van der Waals surface area contributed by atoms with Crippen LogP contribution < -0.4 is 10.9 Å². The van der Waals surface area contributed by atoms with Crippen LogP contribution in [0.25, 0.3) is 5.65 Å². The van der Waals surface area contributed by atoms with Gasteiger partial charge in [-0.1, -0.05) is 18.5 Å². The number of hydrogen-bond donors (Lipinski definition) is 1. The van der Waals surface area contributed by atoms with Gasteiger partial charge in [0.25, 0.3) is 5.56 Å². The van der Waals surface area contributed by atoms with Crippen LogP contribution >= 0.6 is 11.6 Å². The Kier molecular flexibility index (Phi) is 5.51. The van der Waals surface area contributed by atoms with Crippen LogP contribution in [-0.4, -0.2) is 40.3 Å². The number of rotatable bonds is 6. The van der Waals surface area contributed by atoms with E-state index in [1.165, 1.54) is 16.7 Å². The number of carbonyl (C=O) groups excluding carboxylic acids is 1. The van der Waals surface area contributed by atoms with Crippen LogP contribution in [0.1, 0.15) is 19.0 Å². The average Bonchev–Trinajstić information content (AvgIpc) is 2.46. The molecule has 1 amide bonds. The standard InChI is InChI=1S/C15H19ClN4O2/c1-3-6-17-14(21)10-19(2)9-12-7-15(22)20-8-11(16)4-5-13(20)18-12/h4-5,7-8H,3,6,9-10H2,1-2H3,(H,17,21). The minimum Gasteiger partial charge on any atom is -0.355 e. The molecule has 0 bridgehead atoms. The molecule has 0 unspecified atom stereocenters. The molecule has 2 aromatic rings. The van der Waals surface area contributed by atoms with Crippen LogP contribution in [0.5, 0.6) is 0 Å². The van der Waals surface area contributed by atoms with Gasteiger partial charge in [0, 0.05) is 25.4 Å². The molecule has 0 saturated heterocycles. The first-order valence-electron chi connectivity index (χ1n) is 7.12. The molecule has 6 nitrogen and oxygen atoms in total. The van der Waals surface area contributed by atoms with Crippen molar-refractivity contribution in [2.24, 2.45) is 0 Å². The van der Waals surface area contributed by atoms with Crippen molar-refractivity contribution < 1.29 is 4.79 Å². The van der Waals surface area contributed by atoms with Gasteiger partial charge >= 0.3 is 0 Å². The van der Waals surface area contributed by atoms with Crippen LogP contribution in [0.4, 0.5) is 0 Å². The fourth-order valence-corrected chi connectivity index (χ4v) is 2.27. The summed E-state index contributed by atoms with van der Waals surface area (Å²) in [4.78, 5) is 30.0. The van der Waals surface area contributed by atoms with E-state index in [2.05, 4.69) is 10.3 Å². The maximum Gasteiger partial charge on any atom is 0.258 e. The highest BCUT2D eigenvalue weighted by molar-refractivity contribution is 6.30. The fraction of sp³-hybridized carbons (Fsp3) is 0.400. The van der Waals surface area contributed by atoms with Crippen molar-refractivity contribution in [3.05, 3.63) is 45.5 Å². The molecule has 22 heavy (non-hydrogen) atoms. The van der Waals surface area contributed by atoms with Crippen LogP contribution in [0.3, 0.4) is 0 Å². The predicted octanol–water partition coefficient (Wildman–Crippen LogP) is 1.31. The molecule has 0 aromatic carbocycles. The van der Waals surface area contributed by atoms with Crippen molar-refractivity contribution >= 4 is 23.2 Å². The number of pyridine rings is 1. The molecule has 1 N–H and O–H groups in total. The van der Waals surface area contributed by atoms with E-state index in [-0.39, 0.29) is 18.0 Å². The zero-order chi connectivity index (χ0) is 16.1. The van der Waals surface area contributed by atoms with Crippen molar-refractivity contribution in [1.29, 1.82) is 0 Å². The SMILES string of the molecule is CCCNC(=O)CN(C)Cc1cc(=O)n2cc(Cl)ccc2n1. The summed E-state index contributed by atoms with van der Waals surface area (Å²) in [5.74, 6) is -0.0337. The molecule has 118 valence electrons. The van der Waals surface area contributed by atoms with Gasteiger partial charge < -0.3 is 5.32 Å². The first kappa shape index (κ1) is 16.5. The average molecular weight is 323 g/mol. The topological polar surface area (TPSA) is 66.7 Å². The molecular formula is C15H19ClN4O2. The first-order chi connectivity index (χ1) is 10.5. The maximum absolute atomic E-state index is 12.1. The van der Waals surface area contributed by atoms with Gasteiger partial charge in [-0.15, -0.1) is 0 Å². The highest BCUT2D eigenvalue weighted by atomic mass is 35.5. The Morgan fingerprint density at radius 3 is 2.95 bits per heavy atom. The lowest BCUT2D eigenvalue weighted by atomic mass is 10.3. The third-order valence-corrected chi connectivity index (χ3v) is 3.32. The highest BCUT2D eigenvalue weighted by Crippen LogP contribution is 2.08. The zero-order valence-electron chi connectivity index (χ0n) is 12.7. The van der Waals surface area contributed by atoms with E-state index < -0.39 is 0 Å². The molecule has 2 aromatic heterocycles. The molecule has 0 aliphatic carbocycles. The number of aromatic nitrogens is 2. The summed E-state index contributed by atoms with van der Waals surface area (Å²) in [6.07, 6.45) is 2.44. The molecular weight excluding hydrogens is 304 g/mol. The predicted molar refractivity (Wildman–Crippen MR) is 86.1 cm³/mol. The Labute approximate surface area is 133 Å². The second-order valence-electron chi connectivity index (χ2n) is 5.18. The van der Waals surface area contributed by atoms with Crippen molar-refractivity contribution in [3.8, 4) is 0 Å². The summed E-state index contributed by atoms with van der Waals surface area (Å²) >= 11 is 5.87. The maximum atomic E-state index is 12.1. The van der Waals surface area contributed by atoms with Gasteiger partial charge in [-0.3, -0.25) is 18.9 Å². The van der Waals surface area contributed by atoms with E-state index in [4.69, 9.17) is 11.6 Å². The number of halogens is 1. The van der Waals surface area contributed by atoms with Gasteiger partial charge in [0.2, 0.25) is 5.91 Å². The Morgan fingerprint density at radius 2 is 2.23 bits per heavy atom. The van der Waals surface area contributed by atoms with E-state index in [9.17, 15) is 9.59 Å². The van der Waals surface area contributed by atoms with Gasteiger partial charge in [0.1, 0.15) is 5.65 Å². The normalized spacial score (nSPS) is 11.1. The monoisotopic (exact) mass is 322 g/mol. The lowest BCUT2D eigenvalue weighted by molar-refractivity contribution is -0.122. The number of carbonyl (C=O) groups is 1. The fourth-order valence-electron chi connectivity index (χ4n) is 2.11. The van der Waals surface area contributed by atoms with Gasteiger partial charge in [0.15, 0.2) is 0 Å². The summed E-state index contributed by atoms with van der Waals surface area (Å²) in [6.45, 7) is 3.36. The smallest absolute Gasteiger partial charge is 0.258 e. The van der Waals surface area contributed by atoms with Crippen molar-refractivity contribution in [2.45, 2.75) is 19.9 Å².